The van der Waals surface area contributed by atoms with E-state index in [0.29, 0.717) is 11.9 Å². The van der Waals surface area contributed by atoms with Crippen LogP contribution in [0.2, 0.25) is 0 Å². The van der Waals surface area contributed by atoms with Gasteiger partial charge in [-0.05, 0) is 40.5 Å². The minimum absolute atomic E-state index is 0.417. The summed E-state index contributed by atoms with van der Waals surface area (Å²) >= 11 is 3.46. The van der Waals surface area contributed by atoms with Gasteiger partial charge in [-0.25, -0.2) is 4.98 Å². The van der Waals surface area contributed by atoms with Gasteiger partial charge < -0.3 is 10.1 Å². The van der Waals surface area contributed by atoms with Crippen molar-refractivity contribution in [2.45, 2.75) is 33.4 Å². The molecule has 2 rings (SSSR count). The summed E-state index contributed by atoms with van der Waals surface area (Å²) in [6.07, 6.45) is 1.76. The maximum absolute atomic E-state index is 5.96. The van der Waals surface area contributed by atoms with Crippen molar-refractivity contribution in [3.05, 3.63) is 52.1 Å². The highest BCUT2D eigenvalue weighted by atomic mass is 79.9. The van der Waals surface area contributed by atoms with Crippen LogP contribution in [0.3, 0.4) is 0 Å². The number of para-hydroxylation sites is 1. The van der Waals surface area contributed by atoms with E-state index >= 15 is 0 Å². The molecule has 4 heteroatoms. The zero-order valence-electron chi connectivity index (χ0n) is 12.0. The van der Waals surface area contributed by atoms with Crippen LogP contribution in [0.15, 0.2) is 41.0 Å². The summed E-state index contributed by atoms with van der Waals surface area (Å²) < 4.78 is 6.91. The van der Waals surface area contributed by atoms with Gasteiger partial charge in [0.1, 0.15) is 5.75 Å². The van der Waals surface area contributed by atoms with Crippen LogP contribution in [-0.4, -0.2) is 11.0 Å². The van der Waals surface area contributed by atoms with Crippen molar-refractivity contribution >= 4 is 15.9 Å². The van der Waals surface area contributed by atoms with Crippen molar-refractivity contribution in [1.29, 1.82) is 0 Å². The molecule has 0 saturated carbocycles. The number of pyridine rings is 1. The zero-order chi connectivity index (χ0) is 14.5. The van der Waals surface area contributed by atoms with E-state index in [4.69, 9.17) is 4.74 Å². The van der Waals surface area contributed by atoms with E-state index in [9.17, 15) is 0 Å². The molecule has 0 aliphatic rings. The first-order valence-electron chi connectivity index (χ1n) is 6.67. The average molecular weight is 335 g/mol. The van der Waals surface area contributed by atoms with E-state index < -0.39 is 0 Å². The van der Waals surface area contributed by atoms with Crippen LogP contribution in [0, 0.1) is 6.92 Å². The summed E-state index contributed by atoms with van der Waals surface area (Å²) in [5.41, 5.74) is 2.14. The summed E-state index contributed by atoms with van der Waals surface area (Å²) in [7, 11) is 0. The quantitative estimate of drug-likeness (QED) is 0.877. The van der Waals surface area contributed by atoms with Gasteiger partial charge in [-0.1, -0.05) is 32.0 Å². The van der Waals surface area contributed by atoms with Crippen LogP contribution in [0.5, 0.6) is 11.6 Å². The zero-order valence-corrected chi connectivity index (χ0v) is 13.6. The number of ether oxygens (including phenoxy) is 1. The number of nitrogens with zero attached hydrogens (tertiary/aromatic N) is 1. The van der Waals surface area contributed by atoms with Gasteiger partial charge in [0, 0.05) is 28.8 Å². The molecule has 0 aliphatic heterocycles. The van der Waals surface area contributed by atoms with Crippen LogP contribution >= 0.6 is 15.9 Å². The molecule has 0 amide bonds. The molecule has 0 bridgehead atoms. The van der Waals surface area contributed by atoms with Gasteiger partial charge in [0.2, 0.25) is 5.88 Å². The first kappa shape index (κ1) is 15.0. The molecule has 0 spiro atoms. The van der Waals surface area contributed by atoms with Crippen LogP contribution in [0.4, 0.5) is 0 Å². The van der Waals surface area contributed by atoms with E-state index in [1.165, 1.54) is 0 Å². The van der Waals surface area contributed by atoms with Crippen molar-refractivity contribution in [2.75, 3.05) is 0 Å². The Kier molecular flexibility index (Phi) is 5.15. The van der Waals surface area contributed by atoms with Gasteiger partial charge in [-0.3, -0.25) is 0 Å². The molecule has 0 aliphatic carbocycles. The lowest BCUT2D eigenvalue weighted by Crippen LogP contribution is -2.22. The highest BCUT2D eigenvalue weighted by Gasteiger charge is 2.09. The third-order valence-electron chi connectivity index (χ3n) is 2.89. The monoisotopic (exact) mass is 334 g/mol. The van der Waals surface area contributed by atoms with Crippen molar-refractivity contribution in [3.8, 4) is 11.6 Å². The standard InChI is InChI=1S/C16H19BrN2O/c1-11(2)18-9-13-8-14(17)10-19-16(13)20-15-7-5-4-6-12(15)3/h4-8,10-11,18H,9H2,1-3H3. The van der Waals surface area contributed by atoms with Gasteiger partial charge in [0.15, 0.2) is 0 Å². The van der Waals surface area contributed by atoms with E-state index in [2.05, 4.69) is 40.1 Å². The molecule has 0 fully saturated rings. The van der Waals surface area contributed by atoms with Gasteiger partial charge in [-0.2, -0.15) is 0 Å². The van der Waals surface area contributed by atoms with Gasteiger partial charge in [0.05, 0.1) is 0 Å². The predicted molar refractivity (Wildman–Crippen MR) is 85.2 cm³/mol. The molecule has 2 aromatic rings. The summed E-state index contributed by atoms with van der Waals surface area (Å²) in [4.78, 5) is 4.38. The summed E-state index contributed by atoms with van der Waals surface area (Å²) in [5, 5.41) is 3.39. The lowest BCUT2D eigenvalue weighted by Gasteiger charge is -2.14. The van der Waals surface area contributed by atoms with Crippen LogP contribution < -0.4 is 10.1 Å². The van der Waals surface area contributed by atoms with E-state index in [1.807, 2.05) is 37.3 Å². The first-order valence-corrected chi connectivity index (χ1v) is 7.47. The molecular weight excluding hydrogens is 316 g/mol. The predicted octanol–water partition coefficient (Wildman–Crippen LogP) is 4.44. The second kappa shape index (κ2) is 6.86. The molecule has 1 aromatic carbocycles. The number of aryl methyl sites for hydroxylation is 1. The number of hydrogen-bond donors (Lipinski definition) is 1. The van der Waals surface area contributed by atoms with E-state index in [-0.39, 0.29) is 0 Å². The first-order chi connectivity index (χ1) is 9.56. The fraction of sp³-hybridized carbons (Fsp3) is 0.312. The molecular formula is C16H19BrN2O. The lowest BCUT2D eigenvalue weighted by molar-refractivity contribution is 0.447. The fourth-order valence-electron chi connectivity index (χ4n) is 1.78. The number of hydrogen-bond acceptors (Lipinski definition) is 3. The highest BCUT2D eigenvalue weighted by molar-refractivity contribution is 9.10. The third kappa shape index (κ3) is 4.05. The molecule has 3 nitrogen and oxygen atoms in total. The second-order valence-electron chi connectivity index (χ2n) is 5.02. The SMILES string of the molecule is Cc1ccccc1Oc1ncc(Br)cc1CNC(C)C. The Balaban J connectivity index is 2.24. The van der Waals surface area contributed by atoms with Crippen LogP contribution in [-0.2, 0) is 6.54 Å². The summed E-state index contributed by atoms with van der Waals surface area (Å²) in [6.45, 7) is 6.99. The second-order valence-corrected chi connectivity index (χ2v) is 5.94. The van der Waals surface area contributed by atoms with Crippen LogP contribution in [0.1, 0.15) is 25.0 Å². The average Bonchev–Trinajstić information content (AvgIpc) is 2.41. The molecule has 1 heterocycles. The molecule has 0 atom stereocenters. The van der Waals surface area contributed by atoms with Crippen LogP contribution in [0.25, 0.3) is 0 Å². The molecule has 0 saturated heterocycles. The Morgan fingerprint density at radius 2 is 2.05 bits per heavy atom. The van der Waals surface area contributed by atoms with Crippen molar-refractivity contribution in [2.24, 2.45) is 0 Å². The maximum atomic E-state index is 5.96. The third-order valence-corrected chi connectivity index (χ3v) is 3.33. The van der Waals surface area contributed by atoms with Crippen molar-refractivity contribution in [1.82, 2.24) is 10.3 Å². The summed E-state index contributed by atoms with van der Waals surface area (Å²) in [6, 6.07) is 10.4. The minimum Gasteiger partial charge on any atom is -0.438 e. The molecule has 0 unspecified atom stereocenters. The highest BCUT2D eigenvalue weighted by Crippen LogP contribution is 2.27. The molecule has 1 N–H and O–H groups in total. The number of benzene rings is 1. The Hall–Kier alpha value is -1.39. The Labute approximate surface area is 128 Å². The molecule has 1 aromatic heterocycles. The van der Waals surface area contributed by atoms with Gasteiger partial charge in [0.25, 0.3) is 0 Å². The maximum Gasteiger partial charge on any atom is 0.223 e. The van der Waals surface area contributed by atoms with Gasteiger partial charge in [-0.15, -0.1) is 0 Å². The molecule has 0 radical (unpaired) electrons. The fourth-order valence-corrected chi connectivity index (χ4v) is 2.16. The Morgan fingerprint density at radius 1 is 1.30 bits per heavy atom. The number of aromatic nitrogens is 1. The van der Waals surface area contributed by atoms with E-state index in [0.717, 1.165) is 27.9 Å². The van der Waals surface area contributed by atoms with E-state index in [1.54, 1.807) is 6.20 Å². The minimum atomic E-state index is 0.417. The number of rotatable bonds is 5. The topological polar surface area (TPSA) is 34.1 Å². The smallest absolute Gasteiger partial charge is 0.223 e. The molecule has 20 heavy (non-hydrogen) atoms. The number of halogens is 1. The normalized spacial score (nSPS) is 10.8. The van der Waals surface area contributed by atoms with Gasteiger partial charge >= 0.3 is 0 Å². The van der Waals surface area contributed by atoms with Crippen molar-refractivity contribution in [3.63, 3.8) is 0 Å². The summed E-state index contributed by atoms with van der Waals surface area (Å²) in [5.74, 6) is 1.49. The Bertz CT molecular complexity index is 584. The lowest BCUT2D eigenvalue weighted by atomic mass is 10.2. The number of nitrogens with one attached hydrogen (secondary N) is 1. The largest absolute Gasteiger partial charge is 0.438 e. The van der Waals surface area contributed by atoms with Crippen molar-refractivity contribution < 1.29 is 4.74 Å². The molecule has 106 valence electrons. The Morgan fingerprint density at radius 3 is 2.75 bits per heavy atom.